The maximum atomic E-state index is 12.0. The number of likely N-dealkylation sites (tertiary alicyclic amines) is 1. The summed E-state index contributed by atoms with van der Waals surface area (Å²) in [6.07, 6.45) is 11.5. The minimum Gasteiger partial charge on any atom is -0.366 e. The van der Waals surface area contributed by atoms with Gasteiger partial charge < -0.3 is 15.5 Å². The first kappa shape index (κ1) is 21.5. The summed E-state index contributed by atoms with van der Waals surface area (Å²) in [6.45, 7) is 3.77. The van der Waals surface area contributed by atoms with Gasteiger partial charge in [-0.2, -0.15) is 10.1 Å². The lowest BCUT2D eigenvalue weighted by atomic mass is 9.67. The lowest BCUT2D eigenvalue weighted by Gasteiger charge is -2.46. The molecule has 3 aliphatic rings. The molecule has 2 aliphatic carbocycles. The summed E-state index contributed by atoms with van der Waals surface area (Å²) >= 11 is 6.40. The van der Waals surface area contributed by atoms with E-state index in [1.807, 2.05) is 17.9 Å². The molecule has 8 nitrogen and oxygen atoms in total. The Labute approximate surface area is 193 Å². The van der Waals surface area contributed by atoms with Gasteiger partial charge in [0.15, 0.2) is 11.6 Å². The molecule has 3 heterocycles. The third-order valence-corrected chi connectivity index (χ3v) is 7.74. The van der Waals surface area contributed by atoms with E-state index in [-0.39, 0.29) is 5.91 Å². The van der Waals surface area contributed by atoms with Crippen LogP contribution in [-0.4, -0.2) is 50.1 Å². The minimum absolute atomic E-state index is 0.289. The van der Waals surface area contributed by atoms with E-state index in [1.165, 1.54) is 31.4 Å². The first-order valence-electron chi connectivity index (χ1n) is 11.9. The van der Waals surface area contributed by atoms with Crippen molar-refractivity contribution in [1.82, 2.24) is 25.1 Å². The first-order valence-corrected chi connectivity index (χ1v) is 12.3. The van der Waals surface area contributed by atoms with E-state index in [0.717, 1.165) is 44.6 Å². The lowest BCUT2D eigenvalue weighted by molar-refractivity contribution is -0.133. The van der Waals surface area contributed by atoms with Crippen molar-refractivity contribution in [2.75, 3.05) is 23.7 Å². The van der Waals surface area contributed by atoms with Gasteiger partial charge in [0, 0.05) is 43.2 Å². The van der Waals surface area contributed by atoms with E-state index in [4.69, 9.17) is 11.6 Å². The van der Waals surface area contributed by atoms with Gasteiger partial charge >= 0.3 is 0 Å². The molecule has 172 valence electrons. The Kier molecular flexibility index (Phi) is 5.97. The molecule has 1 saturated heterocycles. The summed E-state index contributed by atoms with van der Waals surface area (Å²) in [5, 5.41) is 14.7. The number of nitrogens with one attached hydrogen (secondary N) is 3. The van der Waals surface area contributed by atoms with E-state index in [1.54, 1.807) is 6.20 Å². The van der Waals surface area contributed by atoms with Crippen molar-refractivity contribution < 1.29 is 4.79 Å². The van der Waals surface area contributed by atoms with Crippen molar-refractivity contribution in [3.63, 3.8) is 0 Å². The molecule has 0 radical (unpaired) electrons. The Hall–Kier alpha value is -2.35. The number of anilines is 3. The number of aromatic amines is 1. The second kappa shape index (κ2) is 8.89. The zero-order chi connectivity index (χ0) is 22.1. The van der Waals surface area contributed by atoms with Crippen LogP contribution in [0.5, 0.6) is 0 Å². The number of rotatable bonds is 6. The average Bonchev–Trinajstić information content (AvgIpc) is 3.56. The fourth-order valence-electron chi connectivity index (χ4n) is 5.17. The van der Waals surface area contributed by atoms with Gasteiger partial charge in [0.1, 0.15) is 5.02 Å². The van der Waals surface area contributed by atoms with Crippen LogP contribution in [0, 0.1) is 5.41 Å². The van der Waals surface area contributed by atoms with Crippen LogP contribution in [0.3, 0.4) is 0 Å². The largest absolute Gasteiger partial charge is 0.366 e. The number of halogens is 1. The molecule has 1 amide bonds. The van der Waals surface area contributed by atoms with Gasteiger partial charge in [-0.15, -0.1) is 0 Å². The highest BCUT2D eigenvalue weighted by Gasteiger charge is 2.39. The molecule has 1 spiro atoms. The molecule has 2 aromatic heterocycles. The Balaban J connectivity index is 1.16. The molecule has 1 aliphatic heterocycles. The van der Waals surface area contributed by atoms with Gasteiger partial charge in [-0.05, 0) is 56.8 Å². The van der Waals surface area contributed by atoms with Crippen LogP contribution >= 0.6 is 11.6 Å². The van der Waals surface area contributed by atoms with Crippen molar-refractivity contribution in [2.24, 2.45) is 5.41 Å². The molecule has 3 fully saturated rings. The predicted octanol–water partition coefficient (Wildman–Crippen LogP) is 4.85. The number of amides is 1. The third-order valence-electron chi connectivity index (χ3n) is 7.47. The van der Waals surface area contributed by atoms with Crippen LogP contribution < -0.4 is 10.6 Å². The van der Waals surface area contributed by atoms with Crippen molar-refractivity contribution in [1.29, 1.82) is 0 Å². The highest BCUT2D eigenvalue weighted by Crippen LogP contribution is 2.45. The smallest absolute Gasteiger partial charge is 0.230 e. The first-order chi connectivity index (χ1) is 15.5. The number of nitrogens with zero attached hydrogens (tertiary/aromatic N) is 4. The normalized spacial score (nSPS) is 21.0. The summed E-state index contributed by atoms with van der Waals surface area (Å²) in [5.74, 6) is 2.80. The molecule has 3 N–H and O–H groups in total. The molecular formula is C23H32ClN7O. The molecule has 0 atom stereocenters. The Morgan fingerprint density at radius 2 is 1.97 bits per heavy atom. The van der Waals surface area contributed by atoms with Crippen LogP contribution in [0.1, 0.15) is 76.3 Å². The summed E-state index contributed by atoms with van der Waals surface area (Å²) in [7, 11) is 0. The van der Waals surface area contributed by atoms with Gasteiger partial charge in [0.25, 0.3) is 0 Å². The molecule has 2 aromatic rings. The monoisotopic (exact) mass is 457 g/mol. The van der Waals surface area contributed by atoms with E-state index in [9.17, 15) is 4.79 Å². The standard InChI is InChI=1S/C23H32ClN7O/c1-2-20(32)31-11-9-23(10-12-31)7-5-16(6-8-23)26-21-17(24)14-25-22(28-21)27-19-13-18(29-30-19)15-3-4-15/h13-16H,2-12H2,1H3,(H3,25,26,27,28,29,30). The summed E-state index contributed by atoms with van der Waals surface area (Å²) in [5.41, 5.74) is 1.56. The average molecular weight is 458 g/mol. The zero-order valence-corrected chi connectivity index (χ0v) is 19.4. The number of hydrogen-bond acceptors (Lipinski definition) is 6. The molecule has 0 bridgehead atoms. The van der Waals surface area contributed by atoms with Gasteiger partial charge in [-0.1, -0.05) is 18.5 Å². The molecule has 9 heteroatoms. The lowest BCUT2D eigenvalue weighted by Crippen LogP contribution is -2.45. The molecule has 32 heavy (non-hydrogen) atoms. The molecule has 5 rings (SSSR count). The molecule has 2 saturated carbocycles. The second-order valence-electron chi connectivity index (χ2n) is 9.65. The third kappa shape index (κ3) is 4.70. The highest BCUT2D eigenvalue weighted by atomic mass is 35.5. The number of hydrogen-bond donors (Lipinski definition) is 3. The fraction of sp³-hybridized carbons (Fsp3) is 0.652. The van der Waals surface area contributed by atoms with Gasteiger partial charge in [0.2, 0.25) is 11.9 Å². The quantitative estimate of drug-likeness (QED) is 0.573. The van der Waals surface area contributed by atoms with Crippen molar-refractivity contribution in [2.45, 2.75) is 76.7 Å². The zero-order valence-electron chi connectivity index (χ0n) is 18.7. The number of H-pyrrole nitrogens is 1. The molecular weight excluding hydrogens is 426 g/mol. The van der Waals surface area contributed by atoms with E-state index in [2.05, 4.69) is 30.8 Å². The SMILES string of the molecule is CCC(=O)N1CCC2(CCC(Nc3nc(Nc4cc(C5CC5)[nH]n4)ncc3Cl)CC2)CC1. The van der Waals surface area contributed by atoms with Crippen LogP contribution in [0.15, 0.2) is 12.3 Å². The number of carbonyl (C=O) groups excluding carboxylic acids is 1. The minimum atomic E-state index is 0.289. The van der Waals surface area contributed by atoms with Gasteiger partial charge in [-0.25, -0.2) is 4.98 Å². The number of aromatic nitrogens is 4. The topological polar surface area (TPSA) is 98.8 Å². The molecule has 0 aromatic carbocycles. The maximum absolute atomic E-state index is 12.0. The van der Waals surface area contributed by atoms with Crippen molar-refractivity contribution in [3.8, 4) is 0 Å². The summed E-state index contributed by atoms with van der Waals surface area (Å²) in [4.78, 5) is 22.9. The van der Waals surface area contributed by atoms with Crippen molar-refractivity contribution >= 4 is 35.1 Å². The maximum Gasteiger partial charge on any atom is 0.230 e. The summed E-state index contributed by atoms with van der Waals surface area (Å²) in [6, 6.07) is 2.38. The second-order valence-corrected chi connectivity index (χ2v) is 10.1. The van der Waals surface area contributed by atoms with Gasteiger partial charge in [-0.3, -0.25) is 9.89 Å². The van der Waals surface area contributed by atoms with Crippen LogP contribution in [0.4, 0.5) is 17.6 Å². The predicted molar refractivity (Wildman–Crippen MR) is 125 cm³/mol. The Morgan fingerprint density at radius 1 is 1.22 bits per heavy atom. The summed E-state index contributed by atoms with van der Waals surface area (Å²) < 4.78 is 0. The molecule has 0 unspecified atom stereocenters. The fourth-order valence-corrected chi connectivity index (χ4v) is 5.31. The number of carbonyl (C=O) groups is 1. The van der Waals surface area contributed by atoms with Crippen LogP contribution in [0.2, 0.25) is 5.02 Å². The van der Waals surface area contributed by atoms with Gasteiger partial charge in [0.05, 0.1) is 6.20 Å². The highest BCUT2D eigenvalue weighted by molar-refractivity contribution is 6.32. The Morgan fingerprint density at radius 3 is 2.66 bits per heavy atom. The van der Waals surface area contributed by atoms with E-state index >= 15 is 0 Å². The Bertz CT molecular complexity index is 955. The van der Waals surface area contributed by atoms with Crippen LogP contribution in [-0.2, 0) is 4.79 Å². The van der Waals surface area contributed by atoms with E-state index in [0.29, 0.717) is 40.6 Å². The number of piperidine rings is 1. The van der Waals surface area contributed by atoms with Crippen molar-refractivity contribution in [3.05, 3.63) is 23.0 Å². The van der Waals surface area contributed by atoms with E-state index < -0.39 is 0 Å². The van der Waals surface area contributed by atoms with Crippen LogP contribution in [0.25, 0.3) is 0 Å².